The minimum absolute atomic E-state index is 0.0958. The molecule has 0 aliphatic carbocycles. The second kappa shape index (κ2) is 5.88. The number of amides is 1. The average Bonchev–Trinajstić information content (AvgIpc) is 2.45. The van der Waals surface area contributed by atoms with Gasteiger partial charge in [-0.25, -0.2) is 4.79 Å². The number of aromatic carboxylic acids is 1. The van der Waals surface area contributed by atoms with Crippen LogP contribution in [0.3, 0.4) is 0 Å². The van der Waals surface area contributed by atoms with E-state index in [1.54, 1.807) is 19.2 Å². The molecule has 0 aliphatic rings. The van der Waals surface area contributed by atoms with Crippen molar-refractivity contribution >= 4 is 33.5 Å². The highest BCUT2D eigenvalue weighted by molar-refractivity contribution is 9.10. The molecule has 2 aromatic rings. The van der Waals surface area contributed by atoms with Crippen molar-refractivity contribution in [3.63, 3.8) is 0 Å². The quantitative estimate of drug-likeness (QED) is 0.936. The standard InChI is InChI=1S/C15H12BrNO3/c1-17(13-7-3-6-12(16)9-13)14(18)10-4-2-5-11(8-10)15(19)20/h2-9H,1H3,(H,19,20). The molecule has 0 fully saturated rings. The van der Waals surface area contributed by atoms with Gasteiger partial charge in [0.1, 0.15) is 0 Å². The predicted octanol–water partition coefficient (Wildman–Crippen LogP) is 3.42. The average molecular weight is 334 g/mol. The van der Waals surface area contributed by atoms with E-state index >= 15 is 0 Å². The minimum atomic E-state index is -1.05. The first-order chi connectivity index (χ1) is 9.49. The Bertz CT molecular complexity index is 670. The SMILES string of the molecule is CN(C(=O)c1cccc(C(=O)O)c1)c1cccc(Br)c1. The van der Waals surface area contributed by atoms with Crippen LogP contribution in [0.2, 0.25) is 0 Å². The molecular formula is C15H12BrNO3. The van der Waals surface area contributed by atoms with Gasteiger partial charge in [-0.3, -0.25) is 4.79 Å². The maximum Gasteiger partial charge on any atom is 0.335 e. The van der Waals surface area contributed by atoms with E-state index in [9.17, 15) is 9.59 Å². The summed E-state index contributed by atoms with van der Waals surface area (Å²) in [4.78, 5) is 24.8. The molecule has 0 heterocycles. The van der Waals surface area contributed by atoms with Gasteiger partial charge < -0.3 is 10.0 Å². The van der Waals surface area contributed by atoms with Crippen LogP contribution in [0.1, 0.15) is 20.7 Å². The zero-order chi connectivity index (χ0) is 14.7. The van der Waals surface area contributed by atoms with Crippen molar-refractivity contribution in [3.8, 4) is 0 Å². The highest BCUT2D eigenvalue weighted by atomic mass is 79.9. The van der Waals surface area contributed by atoms with E-state index in [-0.39, 0.29) is 11.5 Å². The van der Waals surface area contributed by atoms with Gasteiger partial charge in [-0.05, 0) is 36.4 Å². The zero-order valence-electron chi connectivity index (χ0n) is 10.7. The van der Waals surface area contributed by atoms with E-state index in [4.69, 9.17) is 5.11 Å². The summed E-state index contributed by atoms with van der Waals surface area (Å²) in [6.07, 6.45) is 0. The highest BCUT2D eigenvalue weighted by Gasteiger charge is 2.15. The van der Waals surface area contributed by atoms with Gasteiger partial charge in [-0.1, -0.05) is 28.1 Å². The number of benzene rings is 2. The number of hydrogen-bond donors (Lipinski definition) is 1. The Morgan fingerprint density at radius 1 is 1.05 bits per heavy atom. The fourth-order valence-corrected chi connectivity index (χ4v) is 2.17. The molecule has 20 heavy (non-hydrogen) atoms. The Hall–Kier alpha value is -2.14. The molecule has 0 saturated carbocycles. The monoisotopic (exact) mass is 333 g/mol. The van der Waals surface area contributed by atoms with Gasteiger partial charge >= 0.3 is 5.97 Å². The van der Waals surface area contributed by atoms with Gasteiger partial charge in [0.2, 0.25) is 0 Å². The van der Waals surface area contributed by atoms with Crippen LogP contribution in [-0.4, -0.2) is 24.0 Å². The number of carbonyl (C=O) groups is 2. The Morgan fingerprint density at radius 3 is 2.35 bits per heavy atom. The summed E-state index contributed by atoms with van der Waals surface area (Å²) in [6, 6.07) is 13.3. The number of nitrogens with zero attached hydrogens (tertiary/aromatic N) is 1. The van der Waals surface area contributed by atoms with Gasteiger partial charge in [0.05, 0.1) is 5.56 Å². The molecule has 0 unspecified atom stereocenters. The third kappa shape index (κ3) is 3.05. The van der Waals surface area contributed by atoms with Crippen molar-refractivity contribution in [1.29, 1.82) is 0 Å². The highest BCUT2D eigenvalue weighted by Crippen LogP contribution is 2.20. The van der Waals surface area contributed by atoms with Crippen molar-refractivity contribution < 1.29 is 14.7 Å². The topological polar surface area (TPSA) is 57.6 Å². The van der Waals surface area contributed by atoms with E-state index < -0.39 is 5.97 Å². The largest absolute Gasteiger partial charge is 0.478 e. The van der Waals surface area contributed by atoms with Crippen molar-refractivity contribution in [2.24, 2.45) is 0 Å². The zero-order valence-corrected chi connectivity index (χ0v) is 12.3. The Kier molecular flexibility index (Phi) is 4.20. The molecule has 0 saturated heterocycles. The molecule has 0 spiro atoms. The fraction of sp³-hybridized carbons (Fsp3) is 0.0667. The molecule has 0 aliphatic heterocycles. The van der Waals surface area contributed by atoms with Gasteiger partial charge in [0.15, 0.2) is 0 Å². The first-order valence-electron chi connectivity index (χ1n) is 5.86. The summed E-state index contributed by atoms with van der Waals surface area (Å²) in [5, 5.41) is 8.95. The van der Waals surface area contributed by atoms with Gasteiger partial charge in [0, 0.05) is 22.8 Å². The van der Waals surface area contributed by atoms with Crippen LogP contribution < -0.4 is 4.90 Å². The molecule has 2 aromatic carbocycles. The van der Waals surface area contributed by atoms with Crippen LogP contribution in [0.4, 0.5) is 5.69 Å². The summed E-state index contributed by atoms with van der Waals surface area (Å²) >= 11 is 3.35. The molecule has 2 rings (SSSR count). The normalized spacial score (nSPS) is 10.1. The van der Waals surface area contributed by atoms with Crippen molar-refractivity contribution in [2.45, 2.75) is 0 Å². The van der Waals surface area contributed by atoms with Gasteiger partial charge in [-0.15, -0.1) is 0 Å². The van der Waals surface area contributed by atoms with Gasteiger partial charge in [0.25, 0.3) is 5.91 Å². The van der Waals surface area contributed by atoms with Crippen LogP contribution in [-0.2, 0) is 0 Å². The molecule has 5 heteroatoms. The lowest BCUT2D eigenvalue weighted by molar-refractivity contribution is 0.0697. The smallest absolute Gasteiger partial charge is 0.335 e. The lowest BCUT2D eigenvalue weighted by Crippen LogP contribution is -2.26. The van der Waals surface area contributed by atoms with E-state index in [0.717, 1.165) is 10.2 Å². The van der Waals surface area contributed by atoms with Crippen LogP contribution in [0, 0.1) is 0 Å². The lowest BCUT2D eigenvalue weighted by Gasteiger charge is -2.17. The van der Waals surface area contributed by atoms with Crippen molar-refractivity contribution in [1.82, 2.24) is 0 Å². The predicted molar refractivity (Wildman–Crippen MR) is 80.3 cm³/mol. The number of rotatable bonds is 3. The third-order valence-corrected chi connectivity index (χ3v) is 3.35. The third-order valence-electron chi connectivity index (χ3n) is 2.86. The fourth-order valence-electron chi connectivity index (χ4n) is 1.78. The van der Waals surface area contributed by atoms with Gasteiger partial charge in [-0.2, -0.15) is 0 Å². The first-order valence-corrected chi connectivity index (χ1v) is 6.65. The Morgan fingerprint density at radius 2 is 1.70 bits per heavy atom. The van der Waals surface area contributed by atoms with Crippen molar-refractivity contribution in [3.05, 3.63) is 64.1 Å². The summed E-state index contributed by atoms with van der Waals surface area (Å²) in [7, 11) is 1.65. The summed E-state index contributed by atoms with van der Waals surface area (Å²) < 4.78 is 0.869. The second-order valence-corrected chi connectivity index (χ2v) is 5.15. The Labute approximate surface area is 124 Å². The molecule has 0 radical (unpaired) electrons. The Balaban J connectivity index is 2.31. The van der Waals surface area contributed by atoms with Crippen LogP contribution in [0.25, 0.3) is 0 Å². The summed E-state index contributed by atoms with van der Waals surface area (Å²) in [5.41, 5.74) is 1.16. The van der Waals surface area contributed by atoms with E-state index in [1.165, 1.54) is 17.0 Å². The molecular weight excluding hydrogens is 322 g/mol. The second-order valence-electron chi connectivity index (χ2n) is 4.23. The minimum Gasteiger partial charge on any atom is -0.478 e. The van der Waals surface area contributed by atoms with E-state index in [0.29, 0.717) is 5.56 Å². The maximum atomic E-state index is 12.3. The van der Waals surface area contributed by atoms with Crippen LogP contribution in [0.5, 0.6) is 0 Å². The number of anilines is 1. The van der Waals surface area contributed by atoms with E-state index in [2.05, 4.69) is 15.9 Å². The molecule has 1 amide bonds. The van der Waals surface area contributed by atoms with Crippen molar-refractivity contribution in [2.75, 3.05) is 11.9 Å². The molecule has 1 N–H and O–H groups in total. The summed E-state index contributed by atoms with van der Waals surface area (Å²) in [6.45, 7) is 0. The van der Waals surface area contributed by atoms with E-state index in [1.807, 2.05) is 24.3 Å². The number of carboxylic acid groups (broad SMARTS) is 1. The van der Waals surface area contributed by atoms with Crippen LogP contribution in [0.15, 0.2) is 53.0 Å². The number of halogens is 1. The number of carbonyl (C=O) groups excluding carboxylic acids is 1. The first kappa shape index (κ1) is 14.3. The number of hydrogen-bond acceptors (Lipinski definition) is 2. The molecule has 0 bridgehead atoms. The number of carboxylic acids is 1. The lowest BCUT2D eigenvalue weighted by atomic mass is 10.1. The molecule has 0 atom stereocenters. The maximum absolute atomic E-state index is 12.3. The molecule has 4 nitrogen and oxygen atoms in total. The molecule has 102 valence electrons. The molecule has 0 aromatic heterocycles. The summed E-state index contributed by atoms with van der Waals surface area (Å²) in [5.74, 6) is -1.31. The van der Waals surface area contributed by atoms with Crippen LogP contribution >= 0.6 is 15.9 Å².